The summed E-state index contributed by atoms with van der Waals surface area (Å²) in [6.45, 7) is 6.68. The molecule has 75 heavy (non-hydrogen) atoms. The van der Waals surface area contributed by atoms with Crippen molar-refractivity contribution in [2.45, 2.75) is 386 Å². The number of allylic oxidation sites excluding steroid dienone is 4. The van der Waals surface area contributed by atoms with Crippen molar-refractivity contribution in [1.29, 1.82) is 0 Å². The zero-order valence-electron chi connectivity index (χ0n) is 50.8. The van der Waals surface area contributed by atoms with E-state index in [4.69, 9.17) is 14.2 Å². The molecule has 0 saturated carbocycles. The summed E-state index contributed by atoms with van der Waals surface area (Å²) in [6.07, 6.45) is 77.9. The lowest BCUT2D eigenvalue weighted by molar-refractivity contribution is -0.167. The number of esters is 3. The maximum Gasteiger partial charge on any atom is 0.306 e. The second-order valence-corrected chi connectivity index (χ2v) is 23.1. The molecule has 0 aliphatic carbocycles. The van der Waals surface area contributed by atoms with Crippen LogP contribution >= 0.6 is 0 Å². The molecule has 0 aromatic carbocycles. The Bertz CT molecular complexity index is 1210. The zero-order valence-corrected chi connectivity index (χ0v) is 50.8. The largest absolute Gasteiger partial charge is 0.462 e. The highest BCUT2D eigenvalue weighted by Crippen LogP contribution is 2.18. The lowest BCUT2D eigenvalue weighted by Crippen LogP contribution is -2.30. The first kappa shape index (κ1) is 72.9. The van der Waals surface area contributed by atoms with E-state index in [1.165, 1.54) is 276 Å². The highest BCUT2D eigenvalue weighted by molar-refractivity contribution is 5.71. The monoisotopic (exact) mass is 1050 g/mol. The summed E-state index contributed by atoms with van der Waals surface area (Å²) in [7, 11) is 0. The maximum absolute atomic E-state index is 12.9. The van der Waals surface area contributed by atoms with Crippen LogP contribution in [0.15, 0.2) is 24.3 Å². The standard InChI is InChI=1S/C69H130O6/c1-4-7-10-13-16-19-21-23-25-27-29-31-32-33-34-35-36-38-39-41-43-45-47-50-53-56-59-62-68(71)74-65-66(64-73-67(70)61-58-55-52-49-18-15-12-9-6-3)75-69(72)63-60-57-54-51-48-46-44-42-40-37-30-28-26-24-22-20-17-14-11-8-5-2/h22,24,28,30,66H,4-21,23,25-27,29,31-65H2,1-3H3/b24-22-,30-28-. The van der Waals surface area contributed by atoms with E-state index < -0.39 is 6.10 Å². The molecule has 0 saturated heterocycles. The minimum absolute atomic E-state index is 0.0671. The maximum atomic E-state index is 12.9. The van der Waals surface area contributed by atoms with Crippen LogP contribution in [-0.2, 0) is 28.6 Å². The van der Waals surface area contributed by atoms with Gasteiger partial charge in [-0.25, -0.2) is 0 Å². The first-order valence-corrected chi connectivity index (χ1v) is 33.8. The van der Waals surface area contributed by atoms with Crippen molar-refractivity contribution in [1.82, 2.24) is 0 Å². The van der Waals surface area contributed by atoms with Gasteiger partial charge in [0.1, 0.15) is 13.2 Å². The summed E-state index contributed by atoms with van der Waals surface area (Å²) < 4.78 is 16.9. The molecule has 0 bridgehead atoms. The lowest BCUT2D eigenvalue weighted by Gasteiger charge is -2.18. The zero-order chi connectivity index (χ0) is 54.3. The number of carbonyl (C=O) groups is 3. The molecule has 0 aromatic rings. The van der Waals surface area contributed by atoms with Crippen LogP contribution in [0, 0.1) is 0 Å². The molecule has 0 aliphatic heterocycles. The number of hydrogen-bond acceptors (Lipinski definition) is 6. The summed E-state index contributed by atoms with van der Waals surface area (Å²) in [4.78, 5) is 38.2. The van der Waals surface area contributed by atoms with Crippen LogP contribution in [0.5, 0.6) is 0 Å². The van der Waals surface area contributed by atoms with E-state index in [0.717, 1.165) is 64.2 Å². The van der Waals surface area contributed by atoms with Gasteiger partial charge in [0.05, 0.1) is 0 Å². The topological polar surface area (TPSA) is 78.9 Å². The van der Waals surface area contributed by atoms with Crippen molar-refractivity contribution >= 4 is 17.9 Å². The third-order valence-electron chi connectivity index (χ3n) is 15.5. The van der Waals surface area contributed by atoms with Crippen LogP contribution in [0.2, 0.25) is 0 Å². The van der Waals surface area contributed by atoms with E-state index in [0.29, 0.717) is 19.3 Å². The molecule has 0 fully saturated rings. The third-order valence-corrected chi connectivity index (χ3v) is 15.5. The molecule has 0 heterocycles. The van der Waals surface area contributed by atoms with E-state index in [9.17, 15) is 14.4 Å². The Hall–Kier alpha value is -2.11. The fraction of sp³-hybridized carbons (Fsp3) is 0.899. The molecule has 6 nitrogen and oxygen atoms in total. The van der Waals surface area contributed by atoms with Crippen LogP contribution in [0.25, 0.3) is 0 Å². The average Bonchev–Trinajstić information content (AvgIpc) is 3.41. The summed E-state index contributed by atoms with van der Waals surface area (Å²) in [5.74, 6) is -0.847. The minimum atomic E-state index is -0.769. The second kappa shape index (κ2) is 64.4. The Morgan fingerprint density at radius 3 is 0.733 bits per heavy atom. The van der Waals surface area contributed by atoms with Gasteiger partial charge in [0.2, 0.25) is 0 Å². The van der Waals surface area contributed by atoms with Crippen LogP contribution in [0.1, 0.15) is 380 Å². The molecule has 0 rings (SSSR count). The molecule has 0 aliphatic rings. The fourth-order valence-electron chi connectivity index (χ4n) is 10.4. The number of ether oxygens (including phenoxy) is 3. The van der Waals surface area contributed by atoms with E-state index in [-0.39, 0.29) is 31.1 Å². The summed E-state index contributed by atoms with van der Waals surface area (Å²) in [6, 6.07) is 0. The lowest BCUT2D eigenvalue weighted by atomic mass is 10.0. The van der Waals surface area contributed by atoms with Gasteiger partial charge in [0.25, 0.3) is 0 Å². The number of hydrogen-bond donors (Lipinski definition) is 0. The van der Waals surface area contributed by atoms with Gasteiger partial charge in [0, 0.05) is 19.3 Å². The van der Waals surface area contributed by atoms with E-state index in [2.05, 4.69) is 45.1 Å². The smallest absolute Gasteiger partial charge is 0.306 e. The quantitative estimate of drug-likeness (QED) is 0.0261. The van der Waals surface area contributed by atoms with Gasteiger partial charge in [-0.15, -0.1) is 0 Å². The van der Waals surface area contributed by atoms with E-state index in [1.807, 2.05) is 0 Å². The van der Waals surface area contributed by atoms with E-state index >= 15 is 0 Å². The molecule has 6 heteroatoms. The van der Waals surface area contributed by atoms with Crippen LogP contribution < -0.4 is 0 Å². The molecule has 442 valence electrons. The fourth-order valence-corrected chi connectivity index (χ4v) is 10.4. The molecule has 0 amide bonds. The minimum Gasteiger partial charge on any atom is -0.462 e. The van der Waals surface area contributed by atoms with Gasteiger partial charge in [-0.2, -0.15) is 0 Å². The Kier molecular flexibility index (Phi) is 62.6. The molecule has 0 spiro atoms. The SMILES string of the molecule is CCCCCCC/C=C\C/C=C\CCCCCCCCCCCC(=O)OC(COC(=O)CCCCCCCCCCC)COC(=O)CCCCCCCCCCCCCCCCCCCCCCCCCCCCC. The van der Waals surface area contributed by atoms with Crippen molar-refractivity contribution < 1.29 is 28.6 Å². The van der Waals surface area contributed by atoms with Gasteiger partial charge in [0.15, 0.2) is 6.10 Å². The molecule has 1 atom stereocenters. The molecule has 0 N–H and O–H groups in total. The van der Waals surface area contributed by atoms with Gasteiger partial charge in [-0.1, -0.05) is 334 Å². The first-order valence-electron chi connectivity index (χ1n) is 33.8. The van der Waals surface area contributed by atoms with Crippen molar-refractivity contribution in [2.24, 2.45) is 0 Å². The van der Waals surface area contributed by atoms with Crippen molar-refractivity contribution in [2.75, 3.05) is 13.2 Å². The normalized spacial score (nSPS) is 12.1. The highest BCUT2D eigenvalue weighted by atomic mass is 16.6. The van der Waals surface area contributed by atoms with Gasteiger partial charge >= 0.3 is 17.9 Å². The predicted molar refractivity (Wildman–Crippen MR) is 326 cm³/mol. The van der Waals surface area contributed by atoms with Crippen LogP contribution in [0.3, 0.4) is 0 Å². The second-order valence-electron chi connectivity index (χ2n) is 23.1. The van der Waals surface area contributed by atoms with Crippen LogP contribution in [-0.4, -0.2) is 37.2 Å². The average molecular weight is 1060 g/mol. The number of unbranched alkanes of at least 4 members (excludes halogenated alkanes) is 48. The predicted octanol–water partition coefficient (Wildman–Crippen LogP) is 23.0. The van der Waals surface area contributed by atoms with Crippen molar-refractivity contribution in [3.05, 3.63) is 24.3 Å². The number of rotatable bonds is 63. The van der Waals surface area contributed by atoms with Gasteiger partial charge in [-0.05, 0) is 51.4 Å². The third kappa shape index (κ3) is 62.6. The Labute approximate surface area is 468 Å². The highest BCUT2D eigenvalue weighted by Gasteiger charge is 2.19. The summed E-state index contributed by atoms with van der Waals surface area (Å²) in [5, 5.41) is 0. The molecule has 0 aromatic heterocycles. The Balaban J connectivity index is 4.11. The van der Waals surface area contributed by atoms with Crippen molar-refractivity contribution in [3.8, 4) is 0 Å². The Morgan fingerprint density at radius 2 is 0.480 bits per heavy atom. The molecular formula is C69H130O6. The molecular weight excluding hydrogens is 925 g/mol. The van der Waals surface area contributed by atoms with Crippen LogP contribution in [0.4, 0.5) is 0 Å². The van der Waals surface area contributed by atoms with Gasteiger partial charge < -0.3 is 14.2 Å². The summed E-state index contributed by atoms with van der Waals surface area (Å²) >= 11 is 0. The Morgan fingerprint density at radius 1 is 0.267 bits per heavy atom. The van der Waals surface area contributed by atoms with E-state index in [1.54, 1.807) is 0 Å². The molecule has 0 radical (unpaired) electrons. The number of carbonyl (C=O) groups excluding carboxylic acids is 3. The molecule has 1 unspecified atom stereocenters. The van der Waals surface area contributed by atoms with Gasteiger partial charge in [-0.3, -0.25) is 14.4 Å². The van der Waals surface area contributed by atoms with Crippen molar-refractivity contribution in [3.63, 3.8) is 0 Å². The summed E-state index contributed by atoms with van der Waals surface area (Å²) in [5.41, 5.74) is 0. The first-order chi connectivity index (χ1) is 37.0.